The lowest BCUT2D eigenvalue weighted by Crippen LogP contribution is -2.23. The number of tetrazole rings is 1. The summed E-state index contributed by atoms with van der Waals surface area (Å²) in [5.74, 6) is 0.239. The lowest BCUT2D eigenvalue weighted by atomic mass is 10.0. The van der Waals surface area contributed by atoms with Gasteiger partial charge in [0.15, 0.2) is 5.82 Å². The van der Waals surface area contributed by atoms with E-state index in [9.17, 15) is 4.79 Å². The van der Waals surface area contributed by atoms with Crippen molar-refractivity contribution in [2.45, 2.75) is 13.5 Å². The van der Waals surface area contributed by atoms with Crippen molar-refractivity contribution in [3.8, 4) is 11.1 Å². The van der Waals surface area contributed by atoms with Gasteiger partial charge in [-0.05, 0) is 23.8 Å². The standard InChI is InChI=1S/C16H16N6O/c1-11-4-3-5-12(6-11)13-7-14(9-17-8-13)16(23)18-10-15-19-21-22(2)20-15/h3-9H,10H2,1-2H3,(H,18,23). The highest BCUT2D eigenvalue weighted by molar-refractivity contribution is 5.94. The summed E-state index contributed by atoms with van der Waals surface area (Å²) in [4.78, 5) is 17.8. The molecule has 0 aliphatic carbocycles. The van der Waals surface area contributed by atoms with E-state index in [1.807, 2.05) is 31.2 Å². The van der Waals surface area contributed by atoms with Crippen LogP contribution in [0.5, 0.6) is 0 Å². The molecule has 0 saturated heterocycles. The Balaban J connectivity index is 1.75. The van der Waals surface area contributed by atoms with E-state index in [-0.39, 0.29) is 12.5 Å². The topological polar surface area (TPSA) is 85.6 Å². The van der Waals surface area contributed by atoms with Crippen molar-refractivity contribution in [3.63, 3.8) is 0 Å². The van der Waals surface area contributed by atoms with Crippen LogP contribution in [-0.2, 0) is 13.6 Å². The molecule has 0 saturated carbocycles. The van der Waals surface area contributed by atoms with Crippen molar-refractivity contribution in [3.05, 3.63) is 59.7 Å². The van der Waals surface area contributed by atoms with E-state index in [2.05, 4.69) is 31.8 Å². The number of rotatable bonds is 4. The number of hydrogen-bond acceptors (Lipinski definition) is 5. The minimum atomic E-state index is -0.223. The smallest absolute Gasteiger partial charge is 0.253 e. The molecule has 7 heteroatoms. The fourth-order valence-electron chi connectivity index (χ4n) is 2.20. The second kappa shape index (κ2) is 6.35. The van der Waals surface area contributed by atoms with Crippen LogP contribution >= 0.6 is 0 Å². The van der Waals surface area contributed by atoms with E-state index < -0.39 is 0 Å². The Morgan fingerprint density at radius 2 is 2.09 bits per heavy atom. The molecule has 0 radical (unpaired) electrons. The van der Waals surface area contributed by atoms with Gasteiger partial charge >= 0.3 is 0 Å². The molecule has 0 atom stereocenters. The highest BCUT2D eigenvalue weighted by atomic mass is 16.1. The zero-order valence-electron chi connectivity index (χ0n) is 12.9. The van der Waals surface area contributed by atoms with Gasteiger partial charge in [-0.1, -0.05) is 29.8 Å². The quantitative estimate of drug-likeness (QED) is 0.789. The molecule has 7 nitrogen and oxygen atoms in total. The van der Waals surface area contributed by atoms with E-state index in [0.29, 0.717) is 11.4 Å². The Labute approximate surface area is 133 Å². The number of nitrogens with zero attached hydrogens (tertiary/aromatic N) is 5. The number of carbonyl (C=O) groups is 1. The number of hydrogen-bond donors (Lipinski definition) is 1. The fourth-order valence-corrected chi connectivity index (χ4v) is 2.20. The van der Waals surface area contributed by atoms with Gasteiger partial charge in [0.25, 0.3) is 5.91 Å². The molecule has 0 bridgehead atoms. The average molecular weight is 308 g/mol. The Bertz CT molecular complexity index is 842. The van der Waals surface area contributed by atoms with Crippen molar-refractivity contribution in [2.75, 3.05) is 0 Å². The lowest BCUT2D eigenvalue weighted by Gasteiger charge is -2.06. The molecule has 1 amide bonds. The van der Waals surface area contributed by atoms with Crippen LogP contribution in [0, 0.1) is 6.92 Å². The summed E-state index contributed by atoms with van der Waals surface area (Å²) in [5, 5.41) is 14.3. The Morgan fingerprint density at radius 3 is 2.83 bits per heavy atom. The zero-order chi connectivity index (χ0) is 16.2. The predicted molar refractivity (Wildman–Crippen MR) is 84.4 cm³/mol. The summed E-state index contributed by atoms with van der Waals surface area (Å²) in [6, 6.07) is 9.89. The molecule has 1 N–H and O–H groups in total. The van der Waals surface area contributed by atoms with Crippen molar-refractivity contribution >= 4 is 5.91 Å². The summed E-state index contributed by atoms with van der Waals surface area (Å²) < 4.78 is 0. The lowest BCUT2D eigenvalue weighted by molar-refractivity contribution is 0.0949. The number of aryl methyl sites for hydroxylation is 2. The SMILES string of the molecule is Cc1cccc(-c2cncc(C(=O)NCc3nnn(C)n3)c2)c1. The molecular weight excluding hydrogens is 292 g/mol. The average Bonchev–Trinajstić information content (AvgIpc) is 2.98. The Hall–Kier alpha value is -3.09. The maximum atomic E-state index is 12.2. The van der Waals surface area contributed by atoms with E-state index in [1.54, 1.807) is 19.4 Å². The van der Waals surface area contributed by atoms with Crippen LogP contribution in [0.4, 0.5) is 0 Å². The monoisotopic (exact) mass is 308 g/mol. The first-order valence-corrected chi connectivity index (χ1v) is 7.15. The summed E-state index contributed by atoms with van der Waals surface area (Å²) in [5.41, 5.74) is 3.58. The van der Waals surface area contributed by atoms with E-state index >= 15 is 0 Å². The van der Waals surface area contributed by atoms with Gasteiger partial charge < -0.3 is 5.32 Å². The molecule has 116 valence electrons. The number of benzene rings is 1. The van der Waals surface area contributed by atoms with Crippen LogP contribution in [0.15, 0.2) is 42.7 Å². The molecule has 23 heavy (non-hydrogen) atoms. The van der Waals surface area contributed by atoms with Crippen LogP contribution in [0.2, 0.25) is 0 Å². The van der Waals surface area contributed by atoms with Gasteiger partial charge in [-0.3, -0.25) is 9.78 Å². The van der Waals surface area contributed by atoms with Gasteiger partial charge in [-0.2, -0.15) is 4.80 Å². The molecular formula is C16H16N6O. The second-order valence-corrected chi connectivity index (χ2v) is 5.21. The fraction of sp³-hybridized carbons (Fsp3) is 0.188. The van der Waals surface area contributed by atoms with E-state index in [0.717, 1.165) is 16.7 Å². The molecule has 0 aliphatic heterocycles. The molecule has 2 heterocycles. The molecule has 0 aliphatic rings. The molecule has 3 rings (SSSR count). The van der Waals surface area contributed by atoms with Gasteiger partial charge in [0.05, 0.1) is 19.2 Å². The maximum absolute atomic E-state index is 12.2. The summed E-state index contributed by atoms with van der Waals surface area (Å²) in [6.07, 6.45) is 3.29. The Kier molecular flexibility index (Phi) is 4.09. The summed E-state index contributed by atoms with van der Waals surface area (Å²) in [7, 11) is 1.67. The molecule has 0 spiro atoms. The minimum Gasteiger partial charge on any atom is -0.345 e. The van der Waals surface area contributed by atoms with Crippen LogP contribution in [0.25, 0.3) is 11.1 Å². The first kappa shape index (κ1) is 14.8. The van der Waals surface area contributed by atoms with Crippen molar-refractivity contribution in [2.24, 2.45) is 7.05 Å². The van der Waals surface area contributed by atoms with Gasteiger partial charge in [0, 0.05) is 18.0 Å². The van der Waals surface area contributed by atoms with Crippen LogP contribution in [0.1, 0.15) is 21.7 Å². The van der Waals surface area contributed by atoms with Crippen LogP contribution in [-0.4, -0.2) is 31.1 Å². The highest BCUT2D eigenvalue weighted by Gasteiger charge is 2.09. The predicted octanol–water partition coefficient (Wildman–Crippen LogP) is 1.51. The minimum absolute atomic E-state index is 0.223. The highest BCUT2D eigenvalue weighted by Crippen LogP contribution is 2.20. The van der Waals surface area contributed by atoms with Gasteiger partial charge in [-0.25, -0.2) is 0 Å². The van der Waals surface area contributed by atoms with Crippen molar-refractivity contribution < 1.29 is 4.79 Å². The van der Waals surface area contributed by atoms with Crippen molar-refractivity contribution in [1.82, 2.24) is 30.5 Å². The number of nitrogens with one attached hydrogen (secondary N) is 1. The third kappa shape index (κ3) is 3.57. The molecule has 3 aromatic rings. The normalized spacial score (nSPS) is 10.5. The molecule has 0 fully saturated rings. The van der Waals surface area contributed by atoms with Crippen molar-refractivity contribution in [1.29, 1.82) is 0 Å². The maximum Gasteiger partial charge on any atom is 0.253 e. The first-order valence-electron chi connectivity index (χ1n) is 7.15. The number of carbonyl (C=O) groups excluding carboxylic acids is 1. The van der Waals surface area contributed by atoms with E-state index in [1.165, 1.54) is 4.80 Å². The first-order chi connectivity index (χ1) is 11.1. The van der Waals surface area contributed by atoms with Gasteiger partial charge in [0.1, 0.15) is 0 Å². The molecule has 2 aromatic heterocycles. The largest absolute Gasteiger partial charge is 0.345 e. The zero-order valence-corrected chi connectivity index (χ0v) is 12.9. The third-order valence-electron chi connectivity index (χ3n) is 3.31. The van der Waals surface area contributed by atoms with Gasteiger partial charge in [-0.15, -0.1) is 10.2 Å². The van der Waals surface area contributed by atoms with E-state index in [4.69, 9.17) is 0 Å². The third-order valence-corrected chi connectivity index (χ3v) is 3.31. The van der Waals surface area contributed by atoms with Crippen LogP contribution < -0.4 is 5.32 Å². The second-order valence-electron chi connectivity index (χ2n) is 5.21. The Morgan fingerprint density at radius 1 is 1.22 bits per heavy atom. The molecule has 1 aromatic carbocycles. The van der Waals surface area contributed by atoms with Gasteiger partial charge in [0.2, 0.25) is 0 Å². The number of aromatic nitrogens is 5. The number of amides is 1. The summed E-state index contributed by atoms with van der Waals surface area (Å²) in [6.45, 7) is 2.25. The molecule has 0 unspecified atom stereocenters. The number of pyridine rings is 1. The van der Waals surface area contributed by atoms with Crippen LogP contribution in [0.3, 0.4) is 0 Å². The summed E-state index contributed by atoms with van der Waals surface area (Å²) >= 11 is 0.